The van der Waals surface area contributed by atoms with Gasteiger partial charge in [-0.05, 0) is 37.3 Å². The summed E-state index contributed by atoms with van der Waals surface area (Å²) in [5.74, 6) is -0.861. The Labute approximate surface area is 137 Å². The van der Waals surface area contributed by atoms with E-state index in [2.05, 4.69) is 10.5 Å². The van der Waals surface area contributed by atoms with Crippen molar-refractivity contribution in [2.24, 2.45) is 5.10 Å². The highest BCUT2D eigenvalue weighted by molar-refractivity contribution is 5.99. The standard InChI is InChI=1S/C17H16F2N2O3/c1-11(13-9-12(18)7-8-14(13)19)20-21-17(22)10-24-16-6-4-3-5-15(16)23-2/h3-9H,10H2,1-2H3,(H,21,22)/b20-11-. The summed E-state index contributed by atoms with van der Waals surface area (Å²) in [5, 5.41) is 3.75. The number of methoxy groups -OCH3 is 1. The number of hydrogen-bond acceptors (Lipinski definition) is 4. The predicted molar refractivity (Wildman–Crippen MR) is 85.2 cm³/mol. The van der Waals surface area contributed by atoms with Crippen LogP contribution < -0.4 is 14.9 Å². The molecule has 0 saturated carbocycles. The molecule has 7 heteroatoms. The number of halogens is 2. The predicted octanol–water partition coefficient (Wildman–Crippen LogP) is 2.89. The fraction of sp³-hybridized carbons (Fsp3) is 0.176. The number of nitrogens with zero attached hydrogens (tertiary/aromatic N) is 1. The number of ether oxygens (including phenoxy) is 2. The SMILES string of the molecule is COc1ccccc1OCC(=O)N/N=C(/C)c1cc(F)ccc1F. The van der Waals surface area contributed by atoms with Gasteiger partial charge in [-0.25, -0.2) is 14.2 Å². The fourth-order valence-electron chi connectivity index (χ4n) is 1.89. The number of nitrogens with one attached hydrogen (secondary N) is 1. The zero-order valence-electron chi connectivity index (χ0n) is 13.2. The van der Waals surface area contributed by atoms with Crippen LogP contribution in [0.1, 0.15) is 12.5 Å². The molecule has 2 aromatic rings. The molecule has 0 aliphatic heterocycles. The van der Waals surface area contributed by atoms with E-state index in [0.29, 0.717) is 11.5 Å². The van der Waals surface area contributed by atoms with Crippen LogP contribution in [0.2, 0.25) is 0 Å². The molecule has 0 aliphatic carbocycles. The summed E-state index contributed by atoms with van der Waals surface area (Å²) in [6.45, 7) is 1.15. The van der Waals surface area contributed by atoms with E-state index in [1.807, 2.05) is 0 Å². The Morgan fingerprint density at radius 3 is 2.58 bits per heavy atom. The van der Waals surface area contributed by atoms with Gasteiger partial charge in [0.25, 0.3) is 5.91 Å². The Balaban J connectivity index is 1.96. The Kier molecular flexibility index (Phi) is 5.83. The molecule has 0 heterocycles. The third kappa shape index (κ3) is 4.52. The highest BCUT2D eigenvalue weighted by atomic mass is 19.1. The van der Waals surface area contributed by atoms with Crippen molar-refractivity contribution >= 4 is 11.6 Å². The molecule has 2 aromatic carbocycles. The minimum absolute atomic E-state index is 0.0269. The van der Waals surface area contributed by atoms with E-state index in [-0.39, 0.29) is 17.9 Å². The second kappa shape index (κ2) is 8.05. The highest BCUT2D eigenvalue weighted by Crippen LogP contribution is 2.25. The smallest absolute Gasteiger partial charge is 0.277 e. The van der Waals surface area contributed by atoms with Crippen molar-refractivity contribution in [3.63, 3.8) is 0 Å². The lowest BCUT2D eigenvalue weighted by Crippen LogP contribution is -2.25. The molecule has 126 valence electrons. The topological polar surface area (TPSA) is 59.9 Å². The van der Waals surface area contributed by atoms with Crippen LogP contribution in [-0.2, 0) is 4.79 Å². The van der Waals surface area contributed by atoms with Crippen LogP contribution in [0.5, 0.6) is 11.5 Å². The number of hydrazone groups is 1. The van der Waals surface area contributed by atoms with Crippen molar-refractivity contribution in [1.29, 1.82) is 0 Å². The molecule has 1 N–H and O–H groups in total. The van der Waals surface area contributed by atoms with Crippen molar-refractivity contribution in [2.45, 2.75) is 6.92 Å². The zero-order chi connectivity index (χ0) is 17.5. The van der Waals surface area contributed by atoms with E-state index in [0.717, 1.165) is 18.2 Å². The molecule has 1 amide bonds. The van der Waals surface area contributed by atoms with Gasteiger partial charge in [-0.15, -0.1) is 0 Å². The number of para-hydroxylation sites is 2. The summed E-state index contributed by atoms with van der Waals surface area (Å²) >= 11 is 0. The first-order valence-electron chi connectivity index (χ1n) is 7.05. The number of carbonyl (C=O) groups is 1. The maximum Gasteiger partial charge on any atom is 0.277 e. The van der Waals surface area contributed by atoms with Crippen molar-refractivity contribution in [1.82, 2.24) is 5.43 Å². The van der Waals surface area contributed by atoms with E-state index < -0.39 is 17.5 Å². The quantitative estimate of drug-likeness (QED) is 0.653. The third-order valence-corrected chi connectivity index (χ3v) is 3.09. The molecule has 0 aliphatic rings. The van der Waals surface area contributed by atoms with Gasteiger partial charge in [0, 0.05) is 5.56 Å². The molecule has 24 heavy (non-hydrogen) atoms. The van der Waals surface area contributed by atoms with Gasteiger partial charge in [0.2, 0.25) is 0 Å². The van der Waals surface area contributed by atoms with Crippen LogP contribution in [0, 0.1) is 11.6 Å². The minimum Gasteiger partial charge on any atom is -0.493 e. The van der Waals surface area contributed by atoms with E-state index >= 15 is 0 Å². The Bertz CT molecular complexity index is 763. The number of carbonyl (C=O) groups excluding carboxylic acids is 1. The lowest BCUT2D eigenvalue weighted by Gasteiger charge is -2.09. The normalized spacial score (nSPS) is 11.1. The first-order chi connectivity index (χ1) is 11.5. The van der Waals surface area contributed by atoms with Crippen LogP contribution in [-0.4, -0.2) is 25.3 Å². The summed E-state index contributed by atoms with van der Waals surface area (Å²) in [7, 11) is 1.49. The molecule has 0 radical (unpaired) electrons. The maximum atomic E-state index is 13.6. The summed E-state index contributed by atoms with van der Waals surface area (Å²) < 4.78 is 37.2. The van der Waals surface area contributed by atoms with Gasteiger partial charge in [0.05, 0.1) is 12.8 Å². The number of amides is 1. The molecule has 0 spiro atoms. The van der Waals surface area contributed by atoms with Gasteiger partial charge in [0.15, 0.2) is 18.1 Å². The van der Waals surface area contributed by atoms with Crippen LogP contribution in [0.15, 0.2) is 47.6 Å². The molecular weight excluding hydrogens is 318 g/mol. The Hall–Kier alpha value is -2.96. The van der Waals surface area contributed by atoms with Gasteiger partial charge in [-0.3, -0.25) is 4.79 Å². The van der Waals surface area contributed by atoms with Crippen LogP contribution >= 0.6 is 0 Å². The monoisotopic (exact) mass is 334 g/mol. The number of rotatable bonds is 6. The molecule has 2 rings (SSSR count). The van der Waals surface area contributed by atoms with Gasteiger partial charge in [-0.2, -0.15) is 5.10 Å². The Morgan fingerprint density at radius 1 is 1.17 bits per heavy atom. The lowest BCUT2D eigenvalue weighted by molar-refractivity contribution is -0.123. The first-order valence-corrected chi connectivity index (χ1v) is 7.05. The second-order valence-corrected chi connectivity index (χ2v) is 4.80. The van der Waals surface area contributed by atoms with E-state index in [4.69, 9.17) is 9.47 Å². The van der Waals surface area contributed by atoms with Crippen molar-refractivity contribution in [3.8, 4) is 11.5 Å². The van der Waals surface area contributed by atoms with Crippen LogP contribution in [0.3, 0.4) is 0 Å². The molecule has 5 nitrogen and oxygen atoms in total. The summed E-state index contributed by atoms with van der Waals surface area (Å²) in [4.78, 5) is 11.8. The average Bonchev–Trinajstić information content (AvgIpc) is 2.60. The second-order valence-electron chi connectivity index (χ2n) is 4.80. The summed E-state index contributed by atoms with van der Waals surface area (Å²) in [6, 6.07) is 9.87. The van der Waals surface area contributed by atoms with Gasteiger partial charge in [-0.1, -0.05) is 12.1 Å². The maximum absolute atomic E-state index is 13.6. The largest absolute Gasteiger partial charge is 0.493 e. The number of hydrogen-bond donors (Lipinski definition) is 1. The summed E-state index contributed by atoms with van der Waals surface area (Å²) in [5.41, 5.74) is 2.34. The molecule has 0 atom stereocenters. The molecule has 0 fully saturated rings. The van der Waals surface area contributed by atoms with Crippen molar-refractivity contribution < 1.29 is 23.0 Å². The van der Waals surface area contributed by atoms with Crippen LogP contribution in [0.25, 0.3) is 0 Å². The Morgan fingerprint density at radius 2 is 1.88 bits per heavy atom. The molecule has 0 saturated heterocycles. The van der Waals surface area contributed by atoms with Crippen molar-refractivity contribution in [2.75, 3.05) is 13.7 Å². The van der Waals surface area contributed by atoms with Gasteiger partial charge >= 0.3 is 0 Å². The fourth-order valence-corrected chi connectivity index (χ4v) is 1.89. The minimum atomic E-state index is -0.628. The van der Waals surface area contributed by atoms with E-state index in [1.165, 1.54) is 14.0 Å². The zero-order valence-corrected chi connectivity index (χ0v) is 13.2. The third-order valence-electron chi connectivity index (χ3n) is 3.09. The van der Waals surface area contributed by atoms with E-state index in [9.17, 15) is 13.6 Å². The van der Waals surface area contributed by atoms with Gasteiger partial charge < -0.3 is 9.47 Å². The van der Waals surface area contributed by atoms with Crippen molar-refractivity contribution in [3.05, 3.63) is 59.7 Å². The first kappa shape index (κ1) is 17.4. The molecule has 0 unspecified atom stereocenters. The van der Waals surface area contributed by atoms with Crippen LogP contribution in [0.4, 0.5) is 8.78 Å². The van der Waals surface area contributed by atoms with Gasteiger partial charge in [0.1, 0.15) is 11.6 Å². The molecular formula is C17H16F2N2O3. The molecule has 0 aromatic heterocycles. The lowest BCUT2D eigenvalue weighted by atomic mass is 10.1. The molecule has 0 bridgehead atoms. The highest BCUT2D eigenvalue weighted by Gasteiger charge is 2.09. The summed E-state index contributed by atoms with van der Waals surface area (Å²) in [6.07, 6.45) is 0. The average molecular weight is 334 g/mol. The van der Waals surface area contributed by atoms with E-state index in [1.54, 1.807) is 24.3 Å². The number of benzene rings is 2.